The summed E-state index contributed by atoms with van der Waals surface area (Å²) in [6, 6.07) is 8.24. The molecule has 1 atom stereocenters. The van der Waals surface area contributed by atoms with Gasteiger partial charge in [-0.1, -0.05) is 49.9 Å². The van der Waals surface area contributed by atoms with Crippen molar-refractivity contribution < 1.29 is 14.2 Å². The summed E-state index contributed by atoms with van der Waals surface area (Å²) in [6.07, 6.45) is 11.5. The van der Waals surface area contributed by atoms with Crippen LogP contribution in [0, 0.1) is 0 Å². The number of ether oxygens (including phenoxy) is 3. The van der Waals surface area contributed by atoms with Crippen molar-refractivity contribution in [3.8, 4) is 0 Å². The summed E-state index contributed by atoms with van der Waals surface area (Å²) in [5.41, 5.74) is 2.12. The molecule has 1 aromatic rings. The van der Waals surface area contributed by atoms with Crippen molar-refractivity contribution in [2.75, 3.05) is 32.1 Å². The molecule has 0 heterocycles. The summed E-state index contributed by atoms with van der Waals surface area (Å²) < 4.78 is 18.3. The van der Waals surface area contributed by atoms with Gasteiger partial charge in [0.2, 0.25) is 0 Å². The van der Waals surface area contributed by atoms with Crippen LogP contribution in [-0.4, -0.2) is 32.1 Å². The third kappa shape index (κ3) is 6.95. The van der Waals surface area contributed by atoms with E-state index in [9.17, 15) is 0 Å². The highest BCUT2D eigenvalue weighted by atomic mass is 35.5. The zero-order valence-corrected chi connectivity index (χ0v) is 18.6. The monoisotopic (exact) mass is 428 g/mol. The van der Waals surface area contributed by atoms with Crippen molar-refractivity contribution in [1.82, 2.24) is 0 Å². The molecule has 1 aliphatic rings. The van der Waals surface area contributed by atoms with Gasteiger partial charge < -0.3 is 14.2 Å². The predicted molar refractivity (Wildman–Crippen MR) is 118 cm³/mol. The van der Waals surface area contributed by atoms with E-state index in [4.69, 9.17) is 37.4 Å². The molecule has 0 bridgehead atoms. The lowest BCUT2D eigenvalue weighted by molar-refractivity contribution is -0.231. The maximum absolute atomic E-state index is 6.28. The van der Waals surface area contributed by atoms with Gasteiger partial charge in [-0.2, -0.15) is 0 Å². The molecule has 1 aliphatic carbocycles. The van der Waals surface area contributed by atoms with E-state index in [0.717, 1.165) is 86.6 Å². The van der Waals surface area contributed by atoms with Crippen LogP contribution in [0.3, 0.4) is 0 Å². The van der Waals surface area contributed by atoms with Crippen molar-refractivity contribution in [1.29, 1.82) is 0 Å². The highest BCUT2D eigenvalue weighted by Crippen LogP contribution is 2.41. The standard InChI is InChI=1S/C23H34Cl2O3/c1-26-23(28-19-11-5-3-9-17-25)15-14-22(20-12-6-7-13-21(20)23)27-18-10-4-2-8-16-24/h6-7,12-14H,2-5,8-11,15-19H2,1H3. The summed E-state index contributed by atoms with van der Waals surface area (Å²) >= 11 is 11.5. The summed E-state index contributed by atoms with van der Waals surface area (Å²) in [5.74, 6) is 1.68. The largest absolute Gasteiger partial charge is 0.493 e. The molecule has 1 aromatic carbocycles. The summed E-state index contributed by atoms with van der Waals surface area (Å²) in [5, 5.41) is 0. The van der Waals surface area contributed by atoms with E-state index in [1.54, 1.807) is 7.11 Å². The smallest absolute Gasteiger partial charge is 0.198 e. The van der Waals surface area contributed by atoms with Gasteiger partial charge in [0.25, 0.3) is 0 Å². The molecule has 0 aliphatic heterocycles. The molecule has 0 radical (unpaired) electrons. The quantitative estimate of drug-likeness (QED) is 0.173. The second-order valence-corrected chi connectivity index (χ2v) is 7.93. The van der Waals surface area contributed by atoms with E-state index < -0.39 is 5.79 Å². The number of benzene rings is 1. The molecule has 1 unspecified atom stereocenters. The molecule has 0 saturated carbocycles. The fourth-order valence-electron chi connectivity index (χ4n) is 3.52. The Labute approximate surface area is 180 Å². The maximum Gasteiger partial charge on any atom is 0.198 e. The highest BCUT2D eigenvalue weighted by Gasteiger charge is 2.38. The van der Waals surface area contributed by atoms with E-state index in [1.807, 2.05) is 12.1 Å². The molecule has 0 spiro atoms. The summed E-state index contributed by atoms with van der Waals surface area (Å²) in [7, 11) is 1.72. The number of halogens is 2. The second kappa shape index (κ2) is 13.5. The molecule has 0 fully saturated rings. The van der Waals surface area contributed by atoms with Gasteiger partial charge in [-0.05, 0) is 31.8 Å². The zero-order chi connectivity index (χ0) is 20.1. The average Bonchev–Trinajstić information content (AvgIpc) is 2.74. The van der Waals surface area contributed by atoms with Gasteiger partial charge in [-0.25, -0.2) is 0 Å². The van der Waals surface area contributed by atoms with Crippen LogP contribution in [0.2, 0.25) is 0 Å². The van der Waals surface area contributed by atoms with E-state index in [0.29, 0.717) is 13.0 Å². The Hall–Kier alpha value is -0.740. The normalized spacial score (nSPS) is 18.6. The first kappa shape index (κ1) is 23.5. The van der Waals surface area contributed by atoms with E-state index >= 15 is 0 Å². The topological polar surface area (TPSA) is 27.7 Å². The van der Waals surface area contributed by atoms with Crippen LogP contribution in [0.5, 0.6) is 0 Å². The van der Waals surface area contributed by atoms with Gasteiger partial charge in [-0.15, -0.1) is 23.2 Å². The van der Waals surface area contributed by atoms with Crippen molar-refractivity contribution >= 4 is 29.0 Å². The van der Waals surface area contributed by atoms with Crippen LogP contribution in [0.15, 0.2) is 30.3 Å². The summed E-state index contributed by atoms with van der Waals surface area (Å²) in [6.45, 7) is 1.40. The molecule has 0 aromatic heterocycles. The lowest BCUT2D eigenvalue weighted by Crippen LogP contribution is -2.35. The van der Waals surface area contributed by atoms with Crippen molar-refractivity contribution in [3.63, 3.8) is 0 Å². The first-order chi connectivity index (χ1) is 13.8. The molecular formula is C23H34Cl2O3. The number of rotatable bonds is 15. The van der Waals surface area contributed by atoms with Crippen molar-refractivity contribution in [3.05, 3.63) is 41.5 Å². The SMILES string of the molecule is COC1(OCCCCCCCl)CC=C(OCCCCCCCl)c2ccccc21. The van der Waals surface area contributed by atoms with Crippen molar-refractivity contribution in [2.24, 2.45) is 0 Å². The number of unbranched alkanes of at least 4 members (excludes halogenated alkanes) is 6. The minimum absolute atomic E-state index is 0.657. The van der Waals surface area contributed by atoms with Crippen LogP contribution in [0.1, 0.15) is 68.9 Å². The van der Waals surface area contributed by atoms with Gasteiger partial charge in [0.05, 0.1) is 13.2 Å². The van der Waals surface area contributed by atoms with Gasteiger partial charge >= 0.3 is 0 Å². The Kier molecular flexibility index (Phi) is 11.3. The third-order valence-electron chi connectivity index (χ3n) is 5.14. The molecule has 0 N–H and O–H groups in total. The van der Waals surface area contributed by atoms with E-state index in [-0.39, 0.29) is 0 Å². The Balaban J connectivity index is 1.94. The van der Waals surface area contributed by atoms with Crippen LogP contribution in [-0.2, 0) is 20.0 Å². The Morgan fingerprint density at radius 3 is 2.18 bits per heavy atom. The molecule has 0 amide bonds. The van der Waals surface area contributed by atoms with Crippen LogP contribution in [0.25, 0.3) is 5.76 Å². The van der Waals surface area contributed by atoms with E-state index in [1.165, 1.54) is 0 Å². The predicted octanol–water partition coefficient (Wildman–Crippen LogP) is 6.86. The molecular weight excluding hydrogens is 395 g/mol. The van der Waals surface area contributed by atoms with E-state index in [2.05, 4.69) is 18.2 Å². The van der Waals surface area contributed by atoms with Crippen LogP contribution < -0.4 is 0 Å². The third-order valence-corrected chi connectivity index (χ3v) is 5.67. The zero-order valence-electron chi connectivity index (χ0n) is 17.1. The van der Waals surface area contributed by atoms with Crippen LogP contribution in [0.4, 0.5) is 0 Å². The second-order valence-electron chi connectivity index (χ2n) is 7.18. The number of alkyl halides is 2. The van der Waals surface area contributed by atoms with Gasteiger partial charge in [0.1, 0.15) is 5.76 Å². The highest BCUT2D eigenvalue weighted by molar-refractivity contribution is 6.18. The minimum atomic E-state index is -0.726. The number of methoxy groups -OCH3 is 1. The number of hydrogen-bond donors (Lipinski definition) is 0. The molecule has 5 heteroatoms. The van der Waals surface area contributed by atoms with Crippen molar-refractivity contribution in [2.45, 2.75) is 63.6 Å². The Morgan fingerprint density at radius 1 is 0.857 bits per heavy atom. The Morgan fingerprint density at radius 2 is 1.50 bits per heavy atom. The number of hydrogen-bond acceptors (Lipinski definition) is 3. The fraction of sp³-hybridized carbons (Fsp3) is 0.652. The van der Waals surface area contributed by atoms with Gasteiger partial charge in [0, 0.05) is 36.4 Å². The van der Waals surface area contributed by atoms with Gasteiger partial charge in [-0.3, -0.25) is 0 Å². The first-order valence-electron chi connectivity index (χ1n) is 10.5. The number of fused-ring (bicyclic) bond motifs is 1. The lowest BCUT2D eigenvalue weighted by atomic mass is 9.90. The van der Waals surface area contributed by atoms with Crippen LogP contribution >= 0.6 is 23.2 Å². The Bertz CT molecular complexity index is 591. The van der Waals surface area contributed by atoms with Gasteiger partial charge in [0.15, 0.2) is 5.79 Å². The molecule has 3 nitrogen and oxygen atoms in total. The minimum Gasteiger partial charge on any atom is -0.493 e. The molecule has 158 valence electrons. The summed E-state index contributed by atoms with van der Waals surface area (Å²) in [4.78, 5) is 0. The average molecular weight is 429 g/mol. The molecule has 28 heavy (non-hydrogen) atoms. The maximum atomic E-state index is 6.28. The lowest BCUT2D eigenvalue weighted by Gasteiger charge is -2.36. The first-order valence-corrected chi connectivity index (χ1v) is 11.6. The molecule has 2 rings (SSSR count). The molecule has 0 saturated heterocycles. The fourth-order valence-corrected chi connectivity index (χ4v) is 3.90.